The summed E-state index contributed by atoms with van der Waals surface area (Å²) in [7, 11) is 0.114. The van der Waals surface area contributed by atoms with Crippen molar-refractivity contribution in [2.24, 2.45) is 5.92 Å². The zero-order valence-corrected chi connectivity index (χ0v) is 13.0. The molecule has 0 aliphatic rings. The SMILES string of the molecule is CCC[Si](C)C.[CH2-]CCC(C)C.[Sc]. The zero-order valence-electron chi connectivity index (χ0n) is 10.2. The molecule has 2 heteroatoms. The molecule has 0 aromatic rings. The predicted molar refractivity (Wildman–Crippen MR) is 62.0 cm³/mol. The minimum absolute atomic E-state index is 0. The average Bonchev–Trinajstić information content (AvgIpc) is 1.87. The van der Waals surface area contributed by atoms with Crippen molar-refractivity contribution >= 4 is 8.80 Å². The summed E-state index contributed by atoms with van der Waals surface area (Å²) in [6, 6.07) is 1.48. The second-order valence-corrected chi connectivity index (χ2v) is 6.91. The molecule has 0 aromatic heterocycles. The van der Waals surface area contributed by atoms with E-state index in [9.17, 15) is 0 Å². The van der Waals surface area contributed by atoms with Gasteiger partial charge in [0.25, 0.3) is 0 Å². The van der Waals surface area contributed by atoms with Crippen molar-refractivity contribution in [2.75, 3.05) is 0 Å². The smallest absolute Gasteiger partial charge is 0.0412 e. The van der Waals surface area contributed by atoms with Crippen LogP contribution >= 0.6 is 0 Å². The molecule has 0 N–H and O–H groups in total. The molecule has 0 saturated carbocycles. The third-order valence-corrected chi connectivity index (χ3v) is 3.03. The molecule has 0 spiro atoms. The van der Waals surface area contributed by atoms with Crippen molar-refractivity contribution in [1.82, 2.24) is 0 Å². The second-order valence-electron chi connectivity index (χ2n) is 3.99. The summed E-state index contributed by atoms with van der Waals surface area (Å²) in [4.78, 5) is 0. The van der Waals surface area contributed by atoms with E-state index >= 15 is 0 Å². The Labute approximate surface area is 106 Å². The van der Waals surface area contributed by atoms with Gasteiger partial charge < -0.3 is 6.92 Å². The molecule has 0 fully saturated rings. The number of rotatable bonds is 4. The van der Waals surface area contributed by atoms with Gasteiger partial charge in [-0.25, -0.2) is 0 Å². The van der Waals surface area contributed by atoms with Crippen LogP contribution in [-0.2, 0) is 25.8 Å². The Bertz CT molecular complexity index is 62.5. The van der Waals surface area contributed by atoms with E-state index in [0.29, 0.717) is 0 Å². The largest absolute Gasteiger partial charge is 0.343 e. The van der Waals surface area contributed by atoms with Gasteiger partial charge in [0.1, 0.15) is 0 Å². The van der Waals surface area contributed by atoms with Crippen LogP contribution < -0.4 is 0 Å². The molecule has 0 nitrogen and oxygen atoms in total. The summed E-state index contributed by atoms with van der Waals surface area (Å²) in [5.41, 5.74) is 0. The summed E-state index contributed by atoms with van der Waals surface area (Å²) in [6.45, 7) is 15.1. The van der Waals surface area contributed by atoms with Gasteiger partial charge in [-0.1, -0.05) is 52.8 Å². The summed E-state index contributed by atoms with van der Waals surface area (Å²) in [5.74, 6) is 0.836. The maximum Gasteiger partial charge on any atom is 0.0412 e. The van der Waals surface area contributed by atoms with Crippen LogP contribution in [-0.4, -0.2) is 8.80 Å². The van der Waals surface area contributed by atoms with Crippen LogP contribution in [0.1, 0.15) is 40.0 Å². The molecule has 0 atom stereocenters. The fraction of sp³-hybridized carbons (Fsp3) is 0.909. The van der Waals surface area contributed by atoms with Crippen LogP contribution in [0.25, 0.3) is 0 Å². The molecule has 0 amide bonds. The van der Waals surface area contributed by atoms with E-state index in [-0.39, 0.29) is 34.6 Å². The van der Waals surface area contributed by atoms with Crippen molar-refractivity contribution in [1.29, 1.82) is 0 Å². The van der Waals surface area contributed by atoms with Gasteiger partial charge in [-0.3, -0.25) is 0 Å². The van der Waals surface area contributed by atoms with Crippen LogP contribution in [0.3, 0.4) is 0 Å². The topological polar surface area (TPSA) is 0 Å². The van der Waals surface area contributed by atoms with Crippen LogP contribution in [0.2, 0.25) is 19.1 Å². The molecule has 0 rings (SSSR count). The maximum absolute atomic E-state index is 3.73. The first-order chi connectivity index (χ1) is 5.54. The fourth-order valence-electron chi connectivity index (χ4n) is 0.908. The van der Waals surface area contributed by atoms with E-state index < -0.39 is 0 Å². The van der Waals surface area contributed by atoms with Crippen molar-refractivity contribution in [3.05, 3.63) is 6.92 Å². The number of hydrogen-bond donors (Lipinski definition) is 0. The van der Waals surface area contributed by atoms with Gasteiger partial charge in [-0.2, -0.15) is 6.42 Å². The Morgan fingerprint density at radius 1 is 1.23 bits per heavy atom. The normalized spacial score (nSPS) is 9.23. The third-order valence-electron chi connectivity index (χ3n) is 1.53. The summed E-state index contributed by atoms with van der Waals surface area (Å²) >= 11 is 0. The van der Waals surface area contributed by atoms with Crippen LogP contribution in [0.15, 0.2) is 0 Å². The van der Waals surface area contributed by atoms with Gasteiger partial charge in [0, 0.05) is 34.6 Å². The van der Waals surface area contributed by atoms with Crippen molar-refractivity contribution < 1.29 is 25.8 Å². The summed E-state index contributed by atoms with van der Waals surface area (Å²) < 4.78 is 0. The molecule has 13 heavy (non-hydrogen) atoms. The second kappa shape index (κ2) is 15.6. The van der Waals surface area contributed by atoms with Gasteiger partial charge in [0.05, 0.1) is 0 Å². The van der Waals surface area contributed by atoms with E-state index in [0.717, 1.165) is 12.3 Å². The van der Waals surface area contributed by atoms with Gasteiger partial charge in [-0.05, 0) is 5.92 Å². The summed E-state index contributed by atoms with van der Waals surface area (Å²) in [5, 5.41) is 0. The average molecular weight is 231 g/mol. The fourth-order valence-corrected chi connectivity index (χ4v) is 1.91. The van der Waals surface area contributed by atoms with Gasteiger partial charge >= 0.3 is 0 Å². The first-order valence-electron chi connectivity index (χ1n) is 5.12. The Kier molecular flexibility index (Phi) is 23.5. The molecule has 0 saturated heterocycles. The van der Waals surface area contributed by atoms with Crippen molar-refractivity contribution in [3.63, 3.8) is 0 Å². The molecule has 0 bridgehead atoms. The Hall–Kier alpha value is 1.09. The first-order valence-corrected chi connectivity index (χ1v) is 7.83. The standard InChI is InChI=1S/C6H13.C5H13Si.Sc/c2*1-4-5-6(2)3;/h6H,1,4-5H2,2-3H3;4-5H2,1-3H3;/q-1;;. The van der Waals surface area contributed by atoms with E-state index in [2.05, 4.69) is 40.8 Å². The van der Waals surface area contributed by atoms with Crippen molar-refractivity contribution in [3.8, 4) is 0 Å². The molecule has 0 heterocycles. The molecular formula is C11H26ScSi-. The number of hydrogen-bond acceptors (Lipinski definition) is 0. The van der Waals surface area contributed by atoms with E-state index in [1.807, 2.05) is 0 Å². The minimum Gasteiger partial charge on any atom is -0.343 e. The molecule has 2 radical (unpaired) electrons. The molecule has 78 valence electrons. The van der Waals surface area contributed by atoms with Crippen LogP contribution in [0.5, 0.6) is 0 Å². The molecular weight excluding hydrogens is 205 g/mol. The Balaban J connectivity index is -0.000000143. The third kappa shape index (κ3) is 32.0. The maximum atomic E-state index is 3.73. The molecule has 0 aromatic carbocycles. The zero-order chi connectivity index (χ0) is 9.98. The van der Waals surface area contributed by atoms with E-state index in [1.54, 1.807) is 0 Å². The van der Waals surface area contributed by atoms with E-state index in [4.69, 9.17) is 0 Å². The molecule has 0 unspecified atom stereocenters. The predicted octanol–water partition coefficient (Wildman–Crippen LogP) is 4.40. The van der Waals surface area contributed by atoms with E-state index in [1.165, 1.54) is 18.9 Å². The quantitative estimate of drug-likeness (QED) is 0.497. The van der Waals surface area contributed by atoms with Crippen LogP contribution in [0.4, 0.5) is 0 Å². The van der Waals surface area contributed by atoms with Gasteiger partial charge in [-0.15, -0.1) is 0 Å². The molecule has 0 aliphatic heterocycles. The van der Waals surface area contributed by atoms with Crippen molar-refractivity contribution in [2.45, 2.75) is 59.2 Å². The Morgan fingerprint density at radius 3 is 1.69 bits per heavy atom. The van der Waals surface area contributed by atoms with Gasteiger partial charge in [0.15, 0.2) is 0 Å². The van der Waals surface area contributed by atoms with Crippen LogP contribution in [0, 0.1) is 12.8 Å². The first kappa shape index (κ1) is 19.6. The minimum atomic E-state index is 0. The molecule has 0 aliphatic carbocycles. The van der Waals surface area contributed by atoms with Gasteiger partial charge in [0.2, 0.25) is 0 Å². The summed E-state index contributed by atoms with van der Waals surface area (Å²) in [6.07, 6.45) is 3.72. The monoisotopic (exact) mass is 231 g/mol. The Morgan fingerprint density at radius 2 is 1.69 bits per heavy atom.